The van der Waals surface area contributed by atoms with Crippen molar-refractivity contribution in [2.24, 2.45) is 5.92 Å². The largest absolute Gasteiger partial charge is 0.497 e. The summed E-state index contributed by atoms with van der Waals surface area (Å²) in [5.41, 5.74) is 2.40. The van der Waals surface area contributed by atoms with E-state index in [0.717, 1.165) is 24.3 Å². The molecule has 2 aromatic rings. The molecule has 1 fully saturated rings. The van der Waals surface area contributed by atoms with Crippen molar-refractivity contribution in [2.45, 2.75) is 70.1 Å². The van der Waals surface area contributed by atoms with Crippen LogP contribution in [0.3, 0.4) is 0 Å². The van der Waals surface area contributed by atoms with E-state index in [9.17, 15) is 5.11 Å². The monoisotopic (exact) mass is 411 g/mol. The number of piperidine rings is 1. The van der Waals surface area contributed by atoms with Crippen molar-refractivity contribution >= 4 is 0 Å². The van der Waals surface area contributed by atoms with Crippen LogP contribution in [-0.2, 0) is 0 Å². The van der Waals surface area contributed by atoms with Crippen LogP contribution >= 0.6 is 0 Å². The third kappa shape index (κ3) is 5.77. The SMILES string of the molecule is CCCCCCC[C@H]1[C@@H](c2ccc(OC)cc2)N[C@@H](c2ccc(OC)cc2)C[C@@H]1O. The van der Waals surface area contributed by atoms with Gasteiger partial charge < -0.3 is 19.9 Å². The van der Waals surface area contributed by atoms with Crippen molar-refractivity contribution in [2.75, 3.05) is 14.2 Å². The van der Waals surface area contributed by atoms with Crippen LogP contribution in [0.4, 0.5) is 0 Å². The van der Waals surface area contributed by atoms with Crippen molar-refractivity contribution in [1.82, 2.24) is 5.32 Å². The fourth-order valence-corrected chi connectivity index (χ4v) is 4.61. The van der Waals surface area contributed by atoms with Crippen molar-refractivity contribution in [3.8, 4) is 11.5 Å². The van der Waals surface area contributed by atoms with Gasteiger partial charge in [0, 0.05) is 18.0 Å². The second-order valence-corrected chi connectivity index (χ2v) is 8.41. The summed E-state index contributed by atoms with van der Waals surface area (Å²) in [7, 11) is 3.37. The van der Waals surface area contributed by atoms with Crippen LogP contribution in [-0.4, -0.2) is 25.4 Å². The molecule has 30 heavy (non-hydrogen) atoms. The Kier molecular flexibility index (Phi) is 8.59. The molecule has 0 aromatic heterocycles. The van der Waals surface area contributed by atoms with E-state index in [4.69, 9.17) is 9.47 Å². The Hall–Kier alpha value is -2.04. The smallest absolute Gasteiger partial charge is 0.118 e. The zero-order valence-electron chi connectivity index (χ0n) is 18.6. The first-order valence-corrected chi connectivity index (χ1v) is 11.4. The Morgan fingerprint density at radius 1 is 0.833 bits per heavy atom. The minimum atomic E-state index is -0.323. The number of rotatable bonds is 10. The topological polar surface area (TPSA) is 50.7 Å². The molecule has 4 nitrogen and oxygen atoms in total. The van der Waals surface area contributed by atoms with E-state index >= 15 is 0 Å². The predicted octanol–water partition coefficient (Wildman–Crippen LogP) is 5.82. The molecule has 0 aliphatic carbocycles. The summed E-state index contributed by atoms with van der Waals surface area (Å²) in [6, 6.07) is 16.7. The molecule has 2 N–H and O–H groups in total. The highest BCUT2D eigenvalue weighted by atomic mass is 16.5. The number of aliphatic hydroxyl groups excluding tert-OH is 1. The zero-order valence-corrected chi connectivity index (χ0v) is 18.6. The van der Waals surface area contributed by atoms with Gasteiger partial charge in [0.25, 0.3) is 0 Å². The quantitative estimate of drug-likeness (QED) is 0.484. The second-order valence-electron chi connectivity index (χ2n) is 8.41. The molecule has 1 saturated heterocycles. The first-order chi connectivity index (χ1) is 14.7. The van der Waals surface area contributed by atoms with E-state index in [1.165, 1.54) is 43.2 Å². The molecule has 2 aromatic carbocycles. The third-order valence-corrected chi connectivity index (χ3v) is 6.41. The number of hydrogen-bond donors (Lipinski definition) is 2. The average Bonchev–Trinajstić information content (AvgIpc) is 2.79. The van der Waals surface area contributed by atoms with Gasteiger partial charge in [-0.1, -0.05) is 63.3 Å². The summed E-state index contributed by atoms with van der Waals surface area (Å²) >= 11 is 0. The molecule has 164 valence electrons. The summed E-state index contributed by atoms with van der Waals surface area (Å²) in [5.74, 6) is 1.93. The lowest BCUT2D eigenvalue weighted by Gasteiger charge is -2.41. The number of hydrogen-bond acceptors (Lipinski definition) is 4. The maximum absolute atomic E-state index is 11.1. The van der Waals surface area contributed by atoms with E-state index < -0.39 is 0 Å². The summed E-state index contributed by atoms with van der Waals surface area (Å²) in [4.78, 5) is 0. The van der Waals surface area contributed by atoms with Gasteiger partial charge in [0.1, 0.15) is 11.5 Å². The van der Waals surface area contributed by atoms with Crippen LogP contribution in [0.15, 0.2) is 48.5 Å². The number of methoxy groups -OCH3 is 2. The molecule has 1 aliphatic heterocycles. The molecule has 1 heterocycles. The van der Waals surface area contributed by atoms with Crippen LogP contribution in [0.2, 0.25) is 0 Å². The lowest BCUT2D eigenvalue weighted by molar-refractivity contribution is 0.0253. The maximum atomic E-state index is 11.1. The highest BCUT2D eigenvalue weighted by molar-refractivity contribution is 5.33. The molecule has 4 atom stereocenters. The summed E-state index contributed by atoms with van der Waals surface area (Å²) in [6.07, 6.45) is 7.71. The lowest BCUT2D eigenvalue weighted by Crippen LogP contribution is -2.44. The molecule has 0 amide bonds. The first-order valence-electron chi connectivity index (χ1n) is 11.4. The molecule has 4 heteroatoms. The van der Waals surface area contributed by atoms with E-state index in [2.05, 4.69) is 36.5 Å². The van der Waals surface area contributed by atoms with Gasteiger partial charge in [0.2, 0.25) is 0 Å². The number of benzene rings is 2. The first kappa shape index (κ1) is 22.6. The van der Waals surface area contributed by atoms with Crippen LogP contribution in [0.5, 0.6) is 11.5 Å². The number of nitrogens with one attached hydrogen (secondary N) is 1. The van der Waals surface area contributed by atoms with Gasteiger partial charge in [-0.15, -0.1) is 0 Å². The normalized spacial score (nSPS) is 23.9. The minimum Gasteiger partial charge on any atom is -0.497 e. The van der Waals surface area contributed by atoms with Gasteiger partial charge in [0.15, 0.2) is 0 Å². The van der Waals surface area contributed by atoms with Gasteiger partial charge in [0.05, 0.1) is 20.3 Å². The zero-order chi connectivity index (χ0) is 21.3. The van der Waals surface area contributed by atoms with E-state index in [0.29, 0.717) is 0 Å². The number of ether oxygens (including phenoxy) is 2. The molecule has 0 radical (unpaired) electrons. The fraction of sp³-hybridized carbons (Fsp3) is 0.538. The van der Waals surface area contributed by atoms with Crippen molar-refractivity contribution in [3.05, 3.63) is 59.7 Å². The highest BCUT2D eigenvalue weighted by Gasteiger charge is 2.37. The molecule has 0 unspecified atom stereocenters. The Morgan fingerprint density at radius 3 is 1.97 bits per heavy atom. The summed E-state index contributed by atoms with van der Waals surface area (Å²) < 4.78 is 10.6. The Balaban J connectivity index is 1.77. The molecule has 3 rings (SSSR count). The van der Waals surface area contributed by atoms with Crippen LogP contribution in [0, 0.1) is 5.92 Å². The standard InChI is InChI=1S/C26H37NO3/c1-4-5-6-7-8-9-23-25(28)18-24(19-10-14-21(29-2)15-11-19)27-26(23)20-12-16-22(30-3)17-13-20/h10-17,23-28H,4-9,18H2,1-3H3/t23-,24-,25+,26-/m1/s1. The van der Waals surface area contributed by atoms with E-state index in [1.807, 2.05) is 24.3 Å². The molecule has 0 saturated carbocycles. The summed E-state index contributed by atoms with van der Waals surface area (Å²) in [5, 5.41) is 15.0. The van der Waals surface area contributed by atoms with Crippen molar-refractivity contribution < 1.29 is 14.6 Å². The Bertz CT molecular complexity index is 744. The molecule has 0 spiro atoms. The molecule has 1 aliphatic rings. The lowest BCUT2D eigenvalue weighted by atomic mass is 9.77. The van der Waals surface area contributed by atoms with Gasteiger partial charge in [-0.25, -0.2) is 0 Å². The molecular weight excluding hydrogens is 374 g/mol. The van der Waals surface area contributed by atoms with Gasteiger partial charge in [-0.2, -0.15) is 0 Å². The Morgan fingerprint density at radius 2 is 1.40 bits per heavy atom. The van der Waals surface area contributed by atoms with E-state index in [-0.39, 0.29) is 24.1 Å². The van der Waals surface area contributed by atoms with Crippen LogP contribution in [0.25, 0.3) is 0 Å². The van der Waals surface area contributed by atoms with Crippen LogP contribution in [0.1, 0.15) is 75.1 Å². The van der Waals surface area contributed by atoms with Gasteiger partial charge in [-0.3, -0.25) is 0 Å². The predicted molar refractivity (Wildman–Crippen MR) is 122 cm³/mol. The van der Waals surface area contributed by atoms with Crippen molar-refractivity contribution in [1.29, 1.82) is 0 Å². The maximum Gasteiger partial charge on any atom is 0.118 e. The van der Waals surface area contributed by atoms with E-state index in [1.54, 1.807) is 14.2 Å². The highest BCUT2D eigenvalue weighted by Crippen LogP contribution is 2.40. The fourth-order valence-electron chi connectivity index (χ4n) is 4.61. The number of aliphatic hydroxyl groups is 1. The van der Waals surface area contributed by atoms with Crippen LogP contribution < -0.4 is 14.8 Å². The average molecular weight is 412 g/mol. The summed E-state index contributed by atoms with van der Waals surface area (Å²) in [6.45, 7) is 2.24. The molecule has 0 bridgehead atoms. The third-order valence-electron chi connectivity index (χ3n) is 6.41. The van der Waals surface area contributed by atoms with Crippen molar-refractivity contribution in [3.63, 3.8) is 0 Å². The molecular formula is C26H37NO3. The minimum absolute atomic E-state index is 0.120. The second kappa shape index (κ2) is 11.4. The number of unbranched alkanes of at least 4 members (excludes halogenated alkanes) is 4. The van der Waals surface area contributed by atoms with Gasteiger partial charge >= 0.3 is 0 Å². The van der Waals surface area contributed by atoms with Gasteiger partial charge in [-0.05, 0) is 48.2 Å². The Labute approximate surface area is 181 Å².